The Morgan fingerprint density at radius 2 is 1.77 bits per heavy atom. The third-order valence-corrected chi connectivity index (χ3v) is 8.52. The molecule has 7 nitrogen and oxygen atoms in total. The predicted molar refractivity (Wildman–Crippen MR) is 116 cm³/mol. The minimum atomic E-state index is -3.55. The number of amides is 1. The highest BCUT2D eigenvalue weighted by Crippen LogP contribution is 2.28. The summed E-state index contributed by atoms with van der Waals surface area (Å²) in [7, 11) is -3.55. The van der Waals surface area contributed by atoms with Gasteiger partial charge in [-0.1, -0.05) is 6.07 Å². The Hall–Kier alpha value is -1.78. The summed E-state index contributed by atoms with van der Waals surface area (Å²) in [6.07, 6.45) is 2.38. The first-order valence-corrected chi connectivity index (χ1v) is 12.6. The van der Waals surface area contributed by atoms with Gasteiger partial charge in [-0.15, -0.1) is 11.3 Å². The monoisotopic (exact) mass is 449 g/mol. The Labute approximate surface area is 181 Å². The number of thiophene rings is 1. The van der Waals surface area contributed by atoms with Crippen LogP contribution in [-0.2, 0) is 14.8 Å². The van der Waals surface area contributed by atoms with Crippen LogP contribution in [0.4, 0.5) is 0 Å². The quantitative estimate of drug-likeness (QED) is 0.702. The first-order valence-electron chi connectivity index (χ1n) is 10.3. The lowest BCUT2D eigenvalue weighted by atomic mass is 10.2. The van der Waals surface area contributed by atoms with E-state index in [1.807, 2.05) is 6.07 Å². The number of benzene rings is 1. The second-order valence-corrected chi connectivity index (χ2v) is 10.4. The number of hydrogen-bond acceptors (Lipinski definition) is 6. The van der Waals surface area contributed by atoms with Gasteiger partial charge >= 0.3 is 0 Å². The molecule has 3 heterocycles. The van der Waals surface area contributed by atoms with Gasteiger partial charge in [0.2, 0.25) is 10.0 Å². The van der Waals surface area contributed by atoms with Crippen molar-refractivity contribution in [2.45, 2.75) is 23.8 Å². The number of sulfonamides is 1. The average molecular weight is 450 g/mol. The van der Waals surface area contributed by atoms with Crippen molar-refractivity contribution < 1.29 is 17.9 Å². The Balaban J connectivity index is 1.41. The summed E-state index contributed by atoms with van der Waals surface area (Å²) in [5, 5.41) is 5.10. The van der Waals surface area contributed by atoms with Gasteiger partial charge in [-0.2, -0.15) is 4.31 Å². The molecule has 0 aliphatic carbocycles. The van der Waals surface area contributed by atoms with E-state index >= 15 is 0 Å². The fraction of sp³-hybridized carbons (Fsp3) is 0.476. The van der Waals surface area contributed by atoms with Gasteiger partial charge in [-0.25, -0.2) is 8.42 Å². The van der Waals surface area contributed by atoms with E-state index in [4.69, 9.17) is 4.74 Å². The van der Waals surface area contributed by atoms with Crippen molar-refractivity contribution in [2.24, 2.45) is 0 Å². The molecule has 0 radical (unpaired) electrons. The lowest BCUT2D eigenvalue weighted by molar-refractivity contribution is 0.0730. The number of morpholine rings is 1. The number of likely N-dealkylation sites (tertiary alicyclic amines) is 1. The van der Waals surface area contributed by atoms with Crippen LogP contribution in [-0.4, -0.2) is 69.5 Å². The third-order valence-electron chi connectivity index (χ3n) is 5.63. The number of nitrogens with one attached hydrogen (secondary N) is 1. The summed E-state index contributed by atoms with van der Waals surface area (Å²) in [5.41, 5.74) is 0.460. The molecule has 2 aromatic rings. The van der Waals surface area contributed by atoms with Crippen LogP contribution in [0.15, 0.2) is 46.7 Å². The molecule has 1 aromatic heterocycles. The highest BCUT2D eigenvalue weighted by molar-refractivity contribution is 7.89. The van der Waals surface area contributed by atoms with Gasteiger partial charge in [-0.3, -0.25) is 9.69 Å². The molecule has 30 heavy (non-hydrogen) atoms. The smallest absolute Gasteiger partial charge is 0.251 e. The molecule has 2 aliphatic rings. The van der Waals surface area contributed by atoms with Crippen LogP contribution in [0.25, 0.3) is 0 Å². The molecule has 2 aliphatic heterocycles. The average Bonchev–Trinajstić information content (AvgIpc) is 3.50. The number of nitrogens with zero attached hydrogens (tertiary/aromatic N) is 2. The summed E-state index contributed by atoms with van der Waals surface area (Å²) in [4.78, 5) is 16.6. The van der Waals surface area contributed by atoms with Crippen molar-refractivity contribution in [3.05, 3.63) is 52.2 Å². The highest BCUT2D eigenvalue weighted by atomic mass is 32.2. The maximum Gasteiger partial charge on any atom is 0.251 e. The summed E-state index contributed by atoms with van der Waals surface area (Å²) in [6.45, 7) is 4.15. The Morgan fingerprint density at radius 3 is 2.40 bits per heavy atom. The SMILES string of the molecule is O=C(NC[C@H](c1cccs1)N1CCCC1)c1ccc(S(=O)(=O)N2CCOCC2)cc1. The molecular weight excluding hydrogens is 422 g/mol. The van der Waals surface area contributed by atoms with E-state index in [0.29, 0.717) is 38.4 Å². The third kappa shape index (κ3) is 4.76. The second-order valence-electron chi connectivity index (χ2n) is 7.53. The fourth-order valence-electron chi connectivity index (χ4n) is 3.95. The summed E-state index contributed by atoms with van der Waals surface area (Å²) < 4.78 is 32.1. The van der Waals surface area contributed by atoms with Gasteiger partial charge in [0.15, 0.2) is 0 Å². The minimum absolute atomic E-state index is 0.178. The Kier molecular flexibility index (Phi) is 6.84. The van der Waals surface area contributed by atoms with Crippen LogP contribution in [0.1, 0.15) is 34.1 Å². The largest absolute Gasteiger partial charge is 0.379 e. The highest BCUT2D eigenvalue weighted by Gasteiger charge is 2.27. The zero-order valence-corrected chi connectivity index (χ0v) is 18.5. The minimum Gasteiger partial charge on any atom is -0.379 e. The number of ether oxygens (including phenoxy) is 1. The molecule has 0 bridgehead atoms. The van der Waals surface area contributed by atoms with Gasteiger partial charge in [-0.05, 0) is 61.6 Å². The van der Waals surface area contributed by atoms with E-state index in [1.54, 1.807) is 23.5 Å². The van der Waals surface area contributed by atoms with Gasteiger partial charge in [0.1, 0.15) is 0 Å². The molecule has 2 saturated heterocycles. The van der Waals surface area contributed by atoms with Crippen LogP contribution < -0.4 is 5.32 Å². The van der Waals surface area contributed by atoms with Gasteiger partial charge in [0.05, 0.1) is 24.2 Å². The van der Waals surface area contributed by atoms with Crippen LogP contribution in [0.3, 0.4) is 0 Å². The predicted octanol–water partition coefficient (Wildman–Crippen LogP) is 2.34. The van der Waals surface area contributed by atoms with Gasteiger partial charge in [0, 0.05) is 30.1 Å². The van der Waals surface area contributed by atoms with E-state index in [2.05, 4.69) is 21.7 Å². The molecule has 0 unspecified atom stereocenters. The molecule has 1 aromatic carbocycles. The van der Waals surface area contributed by atoms with E-state index in [9.17, 15) is 13.2 Å². The number of hydrogen-bond donors (Lipinski definition) is 1. The van der Waals surface area contributed by atoms with E-state index in [0.717, 1.165) is 13.1 Å². The maximum atomic E-state index is 12.7. The number of carbonyl (C=O) groups is 1. The van der Waals surface area contributed by atoms with Crippen LogP contribution in [0.2, 0.25) is 0 Å². The molecule has 0 spiro atoms. The maximum absolute atomic E-state index is 12.7. The van der Waals surface area contributed by atoms with Gasteiger partial charge in [0.25, 0.3) is 5.91 Å². The lowest BCUT2D eigenvalue weighted by Crippen LogP contribution is -2.40. The molecule has 0 saturated carbocycles. The topological polar surface area (TPSA) is 79.0 Å². The molecule has 9 heteroatoms. The first kappa shape index (κ1) is 21.5. The lowest BCUT2D eigenvalue weighted by Gasteiger charge is -2.27. The number of rotatable bonds is 7. The van der Waals surface area contributed by atoms with Crippen LogP contribution in [0, 0.1) is 0 Å². The zero-order valence-electron chi connectivity index (χ0n) is 16.8. The Bertz CT molecular complexity index is 933. The molecule has 2 fully saturated rings. The summed E-state index contributed by atoms with van der Waals surface area (Å²) >= 11 is 1.71. The number of carbonyl (C=O) groups excluding carboxylic acids is 1. The first-order chi connectivity index (χ1) is 14.6. The molecule has 1 amide bonds. The zero-order chi connectivity index (χ0) is 21.0. The molecule has 1 N–H and O–H groups in total. The normalized spacial score (nSPS) is 19.6. The van der Waals surface area contributed by atoms with Crippen molar-refractivity contribution in [2.75, 3.05) is 45.9 Å². The van der Waals surface area contributed by atoms with Crippen molar-refractivity contribution in [1.82, 2.24) is 14.5 Å². The van der Waals surface area contributed by atoms with Gasteiger partial charge < -0.3 is 10.1 Å². The summed E-state index contributed by atoms with van der Waals surface area (Å²) in [6, 6.07) is 10.5. The molecule has 162 valence electrons. The molecule has 1 atom stereocenters. The van der Waals surface area contributed by atoms with Crippen LogP contribution in [0.5, 0.6) is 0 Å². The van der Waals surface area contributed by atoms with Crippen molar-refractivity contribution in [3.8, 4) is 0 Å². The fourth-order valence-corrected chi connectivity index (χ4v) is 6.22. The van der Waals surface area contributed by atoms with E-state index in [-0.39, 0.29) is 16.8 Å². The van der Waals surface area contributed by atoms with Crippen LogP contribution >= 0.6 is 11.3 Å². The molecule has 4 rings (SSSR count). The van der Waals surface area contributed by atoms with Crippen molar-refractivity contribution >= 4 is 27.3 Å². The summed E-state index contributed by atoms with van der Waals surface area (Å²) in [5.74, 6) is -0.189. The van der Waals surface area contributed by atoms with Crippen molar-refractivity contribution in [3.63, 3.8) is 0 Å². The van der Waals surface area contributed by atoms with E-state index in [1.165, 1.54) is 34.2 Å². The standard InChI is InChI=1S/C21H27N3O4S2/c25-21(22-16-19(20-4-3-15-29-20)23-9-1-2-10-23)17-5-7-18(8-6-17)30(26,27)24-11-13-28-14-12-24/h3-8,15,19H,1-2,9-14,16H2,(H,22,25)/t19-/m1/s1. The molecular formula is C21H27N3O4S2. The van der Waals surface area contributed by atoms with E-state index < -0.39 is 10.0 Å². The Morgan fingerprint density at radius 1 is 1.07 bits per heavy atom. The van der Waals surface area contributed by atoms with Crippen molar-refractivity contribution in [1.29, 1.82) is 0 Å². The second kappa shape index (κ2) is 9.57.